The van der Waals surface area contributed by atoms with Gasteiger partial charge >= 0.3 is 6.09 Å². The summed E-state index contributed by atoms with van der Waals surface area (Å²) in [4.78, 5) is 13.7. The number of carbonyl (C=O) groups is 1. The first-order chi connectivity index (χ1) is 9.83. The van der Waals surface area contributed by atoms with Crippen LogP contribution in [0.4, 0.5) is 4.79 Å². The second-order valence-electron chi connectivity index (χ2n) is 6.35. The highest BCUT2D eigenvalue weighted by molar-refractivity contribution is 6.30. The molecule has 0 aromatic heterocycles. The number of hydrogen-bond acceptors (Lipinski definition) is 3. The fraction of sp³-hybridized carbons (Fsp3) is 0.562. The summed E-state index contributed by atoms with van der Waals surface area (Å²) in [7, 11) is 0. The molecule has 0 N–H and O–H groups in total. The van der Waals surface area contributed by atoms with Crippen LogP contribution in [-0.4, -0.2) is 36.3 Å². The predicted octanol–water partition coefficient (Wildman–Crippen LogP) is 3.98. The van der Waals surface area contributed by atoms with E-state index in [4.69, 9.17) is 21.1 Å². The largest absolute Gasteiger partial charge is 0.493 e. The molecule has 0 aliphatic carbocycles. The van der Waals surface area contributed by atoms with E-state index >= 15 is 0 Å². The average molecular weight is 312 g/mol. The Morgan fingerprint density at radius 2 is 2.00 bits per heavy atom. The van der Waals surface area contributed by atoms with E-state index in [9.17, 15) is 4.79 Å². The van der Waals surface area contributed by atoms with Crippen LogP contribution in [0.3, 0.4) is 0 Å². The van der Waals surface area contributed by atoms with Gasteiger partial charge in [0.15, 0.2) is 0 Å². The number of carbonyl (C=O) groups excluding carboxylic acids is 1. The third-order valence-electron chi connectivity index (χ3n) is 3.24. The normalized spacial score (nSPS) is 18.7. The van der Waals surface area contributed by atoms with E-state index in [1.54, 1.807) is 17.0 Å². The van der Waals surface area contributed by atoms with E-state index in [0.717, 1.165) is 18.7 Å². The van der Waals surface area contributed by atoms with Gasteiger partial charge in [0.05, 0.1) is 6.61 Å². The standard InChI is InChI=1S/C16H22ClNO3/c1-16(2,3)21-15(19)18-9-8-12(10-18)11-20-14-6-4-13(17)5-7-14/h4-7,12H,8-11H2,1-3H3/t12-/m0/s1. The van der Waals surface area contributed by atoms with Gasteiger partial charge in [-0.1, -0.05) is 11.6 Å². The van der Waals surface area contributed by atoms with Crippen LogP contribution in [0.25, 0.3) is 0 Å². The summed E-state index contributed by atoms with van der Waals surface area (Å²) in [6.45, 7) is 7.64. The van der Waals surface area contributed by atoms with Crippen molar-refractivity contribution in [2.24, 2.45) is 5.92 Å². The third kappa shape index (κ3) is 5.12. The maximum Gasteiger partial charge on any atom is 0.410 e. The highest BCUT2D eigenvalue weighted by Crippen LogP contribution is 2.21. The van der Waals surface area contributed by atoms with Crippen molar-refractivity contribution in [1.29, 1.82) is 0 Å². The van der Waals surface area contributed by atoms with Gasteiger partial charge in [0, 0.05) is 24.0 Å². The fourth-order valence-corrected chi connectivity index (χ4v) is 2.33. The van der Waals surface area contributed by atoms with Crippen molar-refractivity contribution in [2.75, 3.05) is 19.7 Å². The Morgan fingerprint density at radius 1 is 1.33 bits per heavy atom. The summed E-state index contributed by atoms with van der Waals surface area (Å²) >= 11 is 5.83. The van der Waals surface area contributed by atoms with Crippen LogP contribution in [0.1, 0.15) is 27.2 Å². The molecule has 1 saturated heterocycles. The van der Waals surface area contributed by atoms with Gasteiger partial charge in [-0.15, -0.1) is 0 Å². The van der Waals surface area contributed by atoms with Crippen molar-refractivity contribution in [3.05, 3.63) is 29.3 Å². The van der Waals surface area contributed by atoms with E-state index in [1.807, 2.05) is 32.9 Å². The van der Waals surface area contributed by atoms with Crippen molar-refractivity contribution in [2.45, 2.75) is 32.8 Å². The monoisotopic (exact) mass is 311 g/mol. The van der Waals surface area contributed by atoms with Crippen molar-refractivity contribution in [1.82, 2.24) is 4.90 Å². The summed E-state index contributed by atoms with van der Waals surface area (Å²) in [6.07, 6.45) is 0.698. The van der Waals surface area contributed by atoms with Crippen molar-refractivity contribution in [3.63, 3.8) is 0 Å². The average Bonchev–Trinajstić information content (AvgIpc) is 2.85. The molecular formula is C16H22ClNO3. The zero-order valence-corrected chi connectivity index (χ0v) is 13.5. The van der Waals surface area contributed by atoms with Gasteiger partial charge in [0.2, 0.25) is 0 Å². The molecule has 1 aliphatic rings. The molecule has 0 unspecified atom stereocenters. The SMILES string of the molecule is CC(C)(C)OC(=O)N1CC[C@H](COc2ccc(Cl)cc2)C1. The molecule has 4 nitrogen and oxygen atoms in total. The molecule has 5 heteroatoms. The summed E-state index contributed by atoms with van der Waals surface area (Å²) < 4.78 is 11.1. The Kier molecular flexibility index (Phi) is 4.99. The molecule has 21 heavy (non-hydrogen) atoms. The first-order valence-electron chi connectivity index (χ1n) is 7.20. The minimum absolute atomic E-state index is 0.239. The highest BCUT2D eigenvalue weighted by Gasteiger charge is 2.30. The molecular weight excluding hydrogens is 290 g/mol. The van der Waals surface area contributed by atoms with Gasteiger partial charge in [0.25, 0.3) is 0 Å². The Labute approximate surface area is 131 Å². The second kappa shape index (κ2) is 6.56. The van der Waals surface area contributed by atoms with E-state index < -0.39 is 5.60 Å². The molecule has 1 fully saturated rings. The highest BCUT2D eigenvalue weighted by atomic mass is 35.5. The molecule has 0 bridgehead atoms. The number of rotatable bonds is 3. The van der Waals surface area contributed by atoms with E-state index in [-0.39, 0.29) is 6.09 Å². The molecule has 1 aliphatic heterocycles. The number of amides is 1. The molecule has 1 aromatic carbocycles. The molecule has 0 radical (unpaired) electrons. The number of ether oxygens (including phenoxy) is 2. The zero-order valence-electron chi connectivity index (χ0n) is 12.8. The van der Waals surface area contributed by atoms with Crippen LogP contribution in [0, 0.1) is 5.92 Å². The summed E-state index contributed by atoms with van der Waals surface area (Å²) in [5.41, 5.74) is -0.449. The lowest BCUT2D eigenvalue weighted by Crippen LogP contribution is -2.35. The minimum Gasteiger partial charge on any atom is -0.493 e. The number of hydrogen-bond donors (Lipinski definition) is 0. The van der Waals surface area contributed by atoms with Gasteiger partial charge in [-0.3, -0.25) is 0 Å². The van der Waals surface area contributed by atoms with Crippen LogP contribution in [0.15, 0.2) is 24.3 Å². The van der Waals surface area contributed by atoms with Gasteiger partial charge in [-0.25, -0.2) is 4.79 Å². The number of likely N-dealkylation sites (tertiary alicyclic amines) is 1. The van der Waals surface area contributed by atoms with E-state index in [0.29, 0.717) is 24.1 Å². The summed E-state index contributed by atoms with van der Waals surface area (Å²) in [5.74, 6) is 1.14. The first kappa shape index (κ1) is 16.0. The van der Waals surface area contributed by atoms with Crippen molar-refractivity contribution in [3.8, 4) is 5.75 Å². The molecule has 0 saturated carbocycles. The van der Waals surface area contributed by atoms with Gasteiger partial charge < -0.3 is 14.4 Å². The fourth-order valence-electron chi connectivity index (χ4n) is 2.21. The third-order valence-corrected chi connectivity index (χ3v) is 3.49. The number of nitrogens with zero attached hydrogens (tertiary/aromatic N) is 1. The summed E-state index contributed by atoms with van der Waals surface area (Å²) in [5, 5.41) is 0.694. The Hall–Kier alpha value is -1.42. The molecule has 1 atom stereocenters. The van der Waals surface area contributed by atoms with E-state index in [2.05, 4.69) is 0 Å². The molecule has 116 valence electrons. The molecule has 1 heterocycles. The van der Waals surface area contributed by atoms with Gasteiger partial charge in [-0.2, -0.15) is 0 Å². The van der Waals surface area contributed by atoms with Gasteiger partial charge in [-0.05, 0) is 51.5 Å². The van der Waals surface area contributed by atoms with Crippen LogP contribution in [0.2, 0.25) is 5.02 Å². The lowest BCUT2D eigenvalue weighted by atomic mass is 10.1. The van der Waals surface area contributed by atoms with Crippen molar-refractivity contribution >= 4 is 17.7 Å². The Bertz CT molecular complexity index is 481. The molecule has 2 rings (SSSR count). The van der Waals surface area contributed by atoms with Gasteiger partial charge in [0.1, 0.15) is 11.4 Å². The van der Waals surface area contributed by atoms with Crippen molar-refractivity contribution < 1.29 is 14.3 Å². The number of benzene rings is 1. The number of halogens is 1. The van der Waals surface area contributed by atoms with E-state index in [1.165, 1.54) is 0 Å². The quantitative estimate of drug-likeness (QED) is 0.847. The Balaban J connectivity index is 1.77. The second-order valence-corrected chi connectivity index (χ2v) is 6.78. The van der Waals surface area contributed by atoms with Crippen LogP contribution in [-0.2, 0) is 4.74 Å². The van der Waals surface area contributed by atoms with Crippen LogP contribution < -0.4 is 4.74 Å². The summed E-state index contributed by atoms with van der Waals surface area (Å²) in [6, 6.07) is 7.31. The molecule has 0 spiro atoms. The molecule has 1 aromatic rings. The van der Waals surface area contributed by atoms with Crippen LogP contribution >= 0.6 is 11.6 Å². The molecule has 1 amide bonds. The lowest BCUT2D eigenvalue weighted by Gasteiger charge is -2.24. The maximum atomic E-state index is 12.0. The lowest BCUT2D eigenvalue weighted by molar-refractivity contribution is 0.0285. The first-order valence-corrected chi connectivity index (χ1v) is 7.57. The topological polar surface area (TPSA) is 38.8 Å². The zero-order chi connectivity index (χ0) is 15.5. The predicted molar refractivity (Wildman–Crippen MR) is 82.9 cm³/mol. The minimum atomic E-state index is -0.449. The smallest absolute Gasteiger partial charge is 0.410 e. The Morgan fingerprint density at radius 3 is 2.62 bits per heavy atom. The van der Waals surface area contributed by atoms with Crippen LogP contribution in [0.5, 0.6) is 5.75 Å². The maximum absolute atomic E-state index is 12.0.